The number of thiophene rings is 1. The van der Waals surface area contributed by atoms with E-state index in [0.717, 1.165) is 44.1 Å². The average Bonchev–Trinajstić information content (AvgIpc) is 3.42. The first-order chi connectivity index (χ1) is 14.0. The zero-order chi connectivity index (χ0) is 20.4. The number of nitrogens with two attached hydrogens (primary N) is 1. The maximum Gasteiger partial charge on any atom is 0.265 e. The van der Waals surface area contributed by atoms with Gasteiger partial charge in [0.25, 0.3) is 5.91 Å². The van der Waals surface area contributed by atoms with Crippen molar-refractivity contribution in [1.29, 1.82) is 0 Å². The third kappa shape index (κ3) is 5.00. The van der Waals surface area contributed by atoms with Crippen LogP contribution in [0.2, 0.25) is 5.02 Å². The minimum absolute atomic E-state index is 0.138. The van der Waals surface area contributed by atoms with Crippen molar-refractivity contribution in [3.05, 3.63) is 51.2 Å². The van der Waals surface area contributed by atoms with E-state index in [1.54, 1.807) is 18.2 Å². The van der Waals surface area contributed by atoms with Crippen molar-refractivity contribution in [2.45, 2.75) is 57.2 Å². The Morgan fingerprint density at radius 3 is 2.55 bits per heavy atom. The standard InChI is InChI=1S/C22H26ClN3O2S/c23-19-10-7-17(25-21(27)20-2-1-11-29-20)12-15(19)13-26(22(28)14-3-4-14)18-8-5-16(24)6-9-18/h1-2,7,10-12,14,16,18H,3-6,8-9,13,24H2,(H,25,27). The highest BCUT2D eigenvalue weighted by Gasteiger charge is 2.37. The minimum Gasteiger partial charge on any atom is -0.335 e. The van der Waals surface area contributed by atoms with Crippen LogP contribution in [0.25, 0.3) is 0 Å². The molecule has 0 atom stereocenters. The van der Waals surface area contributed by atoms with Gasteiger partial charge >= 0.3 is 0 Å². The van der Waals surface area contributed by atoms with Crippen LogP contribution in [-0.2, 0) is 11.3 Å². The van der Waals surface area contributed by atoms with Crippen LogP contribution in [0.1, 0.15) is 53.8 Å². The van der Waals surface area contributed by atoms with Crippen LogP contribution in [-0.4, -0.2) is 28.8 Å². The molecule has 1 heterocycles. The number of carbonyl (C=O) groups excluding carboxylic acids is 2. The van der Waals surface area contributed by atoms with Crippen molar-refractivity contribution in [2.75, 3.05) is 5.32 Å². The SMILES string of the molecule is NC1CCC(N(Cc2cc(NC(=O)c3cccs3)ccc2Cl)C(=O)C2CC2)CC1. The predicted molar refractivity (Wildman–Crippen MR) is 117 cm³/mol. The summed E-state index contributed by atoms with van der Waals surface area (Å²) in [6, 6.07) is 9.56. The maximum atomic E-state index is 13.0. The number of halogens is 1. The monoisotopic (exact) mass is 431 g/mol. The number of hydrogen-bond acceptors (Lipinski definition) is 4. The largest absolute Gasteiger partial charge is 0.335 e. The van der Waals surface area contributed by atoms with Crippen LogP contribution in [0, 0.1) is 5.92 Å². The van der Waals surface area contributed by atoms with E-state index >= 15 is 0 Å². The Morgan fingerprint density at radius 1 is 1.14 bits per heavy atom. The Hall–Kier alpha value is -1.89. The summed E-state index contributed by atoms with van der Waals surface area (Å²) in [6.07, 6.45) is 5.73. The number of rotatable bonds is 6. The fraction of sp³-hybridized carbons (Fsp3) is 0.455. The molecule has 0 spiro atoms. The smallest absolute Gasteiger partial charge is 0.265 e. The second kappa shape index (κ2) is 8.86. The van der Waals surface area contributed by atoms with Gasteiger partial charge in [0.1, 0.15) is 0 Å². The molecule has 0 saturated heterocycles. The quantitative estimate of drug-likeness (QED) is 0.698. The molecule has 154 valence electrons. The van der Waals surface area contributed by atoms with E-state index in [2.05, 4.69) is 5.32 Å². The molecule has 0 bridgehead atoms. The molecule has 2 aliphatic carbocycles. The van der Waals surface area contributed by atoms with Crippen molar-refractivity contribution in [3.63, 3.8) is 0 Å². The molecular weight excluding hydrogens is 406 g/mol. The zero-order valence-corrected chi connectivity index (χ0v) is 17.8. The van der Waals surface area contributed by atoms with Gasteiger partial charge in [0, 0.05) is 35.3 Å². The molecule has 29 heavy (non-hydrogen) atoms. The highest BCUT2D eigenvalue weighted by molar-refractivity contribution is 7.12. The molecule has 4 rings (SSSR count). The maximum absolute atomic E-state index is 13.0. The first-order valence-electron chi connectivity index (χ1n) is 10.2. The number of hydrogen-bond donors (Lipinski definition) is 2. The predicted octanol–water partition coefficient (Wildman–Crippen LogP) is 4.66. The molecule has 2 fully saturated rings. The number of nitrogens with one attached hydrogen (secondary N) is 1. The van der Waals surface area contributed by atoms with E-state index in [9.17, 15) is 9.59 Å². The van der Waals surface area contributed by atoms with Crippen LogP contribution in [0.5, 0.6) is 0 Å². The molecule has 2 aliphatic rings. The first kappa shape index (κ1) is 20.4. The zero-order valence-electron chi connectivity index (χ0n) is 16.3. The molecule has 3 N–H and O–H groups in total. The van der Waals surface area contributed by atoms with Crippen molar-refractivity contribution in [3.8, 4) is 0 Å². The highest BCUT2D eigenvalue weighted by atomic mass is 35.5. The summed E-state index contributed by atoms with van der Waals surface area (Å²) >= 11 is 7.87. The molecule has 2 saturated carbocycles. The van der Waals surface area contributed by atoms with E-state index in [0.29, 0.717) is 22.1 Å². The highest BCUT2D eigenvalue weighted by Crippen LogP contribution is 2.35. The fourth-order valence-electron chi connectivity index (χ4n) is 3.92. The van der Waals surface area contributed by atoms with Gasteiger partial charge in [-0.25, -0.2) is 0 Å². The lowest BCUT2D eigenvalue weighted by Gasteiger charge is -2.36. The van der Waals surface area contributed by atoms with Crippen molar-refractivity contribution < 1.29 is 9.59 Å². The van der Waals surface area contributed by atoms with E-state index in [1.165, 1.54) is 11.3 Å². The average molecular weight is 432 g/mol. The van der Waals surface area contributed by atoms with Crippen LogP contribution >= 0.6 is 22.9 Å². The van der Waals surface area contributed by atoms with E-state index < -0.39 is 0 Å². The molecule has 1 aromatic carbocycles. The second-order valence-electron chi connectivity index (χ2n) is 8.05. The summed E-state index contributed by atoms with van der Waals surface area (Å²) in [6.45, 7) is 0.469. The molecule has 0 radical (unpaired) electrons. The number of amides is 2. The summed E-state index contributed by atoms with van der Waals surface area (Å²) < 4.78 is 0. The van der Waals surface area contributed by atoms with Crippen molar-refractivity contribution in [2.24, 2.45) is 11.7 Å². The van der Waals surface area contributed by atoms with Gasteiger partial charge in [0.15, 0.2) is 0 Å². The normalized spacial score (nSPS) is 21.6. The molecule has 5 nitrogen and oxygen atoms in total. The summed E-state index contributed by atoms with van der Waals surface area (Å²) in [5.74, 6) is 0.251. The topological polar surface area (TPSA) is 75.4 Å². The first-order valence-corrected chi connectivity index (χ1v) is 11.5. The van der Waals surface area contributed by atoms with E-state index in [4.69, 9.17) is 17.3 Å². The van der Waals surface area contributed by atoms with Crippen LogP contribution in [0.4, 0.5) is 5.69 Å². The Kier molecular flexibility index (Phi) is 6.23. The molecule has 0 unspecified atom stereocenters. The lowest BCUT2D eigenvalue weighted by Crippen LogP contribution is -2.44. The molecular formula is C22H26ClN3O2S. The third-order valence-corrected chi connectivity index (χ3v) is 7.02. The van der Waals surface area contributed by atoms with Crippen LogP contribution in [0.15, 0.2) is 35.7 Å². The van der Waals surface area contributed by atoms with Crippen molar-refractivity contribution in [1.82, 2.24) is 4.90 Å². The van der Waals surface area contributed by atoms with Crippen LogP contribution < -0.4 is 11.1 Å². The number of nitrogens with zero attached hydrogens (tertiary/aromatic N) is 1. The van der Waals surface area contributed by atoms with Gasteiger partial charge < -0.3 is 16.0 Å². The Morgan fingerprint density at radius 2 is 1.90 bits per heavy atom. The number of carbonyl (C=O) groups is 2. The number of benzene rings is 1. The van der Waals surface area contributed by atoms with Gasteiger partial charge in [-0.05, 0) is 73.7 Å². The van der Waals surface area contributed by atoms with E-state index in [1.807, 2.05) is 22.4 Å². The molecule has 2 aromatic rings. The molecule has 1 aromatic heterocycles. The minimum atomic E-state index is -0.138. The van der Waals surface area contributed by atoms with Crippen LogP contribution in [0.3, 0.4) is 0 Å². The Balaban J connectivity index is 1.52. The lowest BCUT2D eigenvalue weighted by atomic mass is 9.90. The second-order valence-corrected chi connectivity index (χ2v) is 9.40. The van der Waals surface area contributed by atoms with Crippen molar-refractivity contribution >= 4 is 40.4 Å². The van der Waals surface area contributed by atoms with Gasteiger partial charge in [0.05, 0.1) is 4.88 Å². The molecule has 7 heteroatoms. The number of anilines is 1. The molecule has 0 aliphatic heterocycles. The van der Waals surface area contributed by atoms with Gasteiger partial charge in [-0.3, -0.25) is 9.59 Å². The summed E-state index contributed by atoms with van der Waals surface area (Å²) in [4.78, 5) is 28.0. The summed E-state index contributed by atoms with van der Waals surface area (Å²) in [7, 11) is 0. The summed E-state index contributed by atoms with van der Waals surface area (Å²) in [5.41, 5.74) is 7.61. The van der Waals surface area contributed by atoms with E-state index in [-0.39, 0.29) is 29.8 Å². The van der Waals surface area contributed by atoms with Gasteiger partial charge in [0.2, 0.25) is 5.91 Å². The Bertz CT molecular complexity index is 874. The lowest BCUT2D eigenvalue weighted by molar-refractivity contribution is -0.136. The van der Waals surface area contributed by atoms with Gasteiger partial charge in [-0.15, -0.1) is 11.3 Å². The Labute approximate surface area is 180 Å². The fourth-order valence-corrected chi connectivity index (χ4v) is 4.72. The molecule has 2 amide bonds. The van der Waals surface area contributed by atoms with Gasteiger partial charge in [-0.1, -0.05) is 17.7 Å². The summed E-state index contributed by atoms with van der Waals surface area (Å²) in [5, 5.41) is 5.41. The van der Waals surface area contributed by atoms with Gasteiger partial charge in [-0.2, -0.15) is 0 Å². The third-order valence-electron chi connectivity index (χ3n) is 5.78.